The van der Waals surface area contributed by atoms with E-state index in [-0.39, 0.29) is 36.2 Å². The van der Waals surface area contributed by atoms with Crippen LogP contribution in [-0.2, 0) is 20.0 Å². The van der Waals surface area contributed by atoms with Crippen molar-refractivity contribution >= 4 is 48.5 Å². The van der Waals surface area contributed by atoms with Gasteiger partial charge < -0.3 is 15.1 Å². The topological polar surface area (TPSA) is 186 Å². The van der Waals surface area contributed by atoms with Gasteiger partial charge in [0.1, 0.15) is 5.03 Å². The molecule has 3 aromatic heterocycles. The molecule has 0 spiro atoms. The Labute approximate surface area is 228 Å². The van der Waals surface area contributed by atoms with Crippen molar-refractivity contribution in [3.63, 3.8) is 0 Å². The molecular formula is C23H22ClN7O6S2. The van der Waals surface area contributed by atoms with Crippen molar-refractivity contribution in [1.82, 2.24) is 24.2 Å². The van der Waals surface area contributed by atoms with Crippen molar-refractivity contribution < 1.29 is 26.4 Å². The molecule has 4 aromatic rings. The van der Waals surface area contributed by atoms with Crippen molar-refractivity contribution in [3.8, 4) is 11.3 Å². The number of benzene rings is 1. The van der Waals surface area contributed by atoms with Crippen molar-refractivity contribution in [2.24, 2.45) is 5.14 Å². The van der Waals surface area contributed by atoms with E-state index in [0.29, 0.717) is 26.2 Å². The summed E-state index contributed by atoms with van der Waals surface area (Å²) in [7, 11) is -8.18. The predicted molar refractivity (Wildman–Crippen MR) is 141 cm³/mol. The van der Waals surface area contributed by atoms with Gasteiger partial charge >= 0.3 is 0 Å². The Morgan fingerprint density at radius 2 is 1.87 bits per heavy atom. The van der Waals surface area contributed by atoms with Gasteiger partial charge in [-0.1, -0.05) is 11.6 Å². The zero-order chi connectivity index (χ0) is 27.9. The highest BCUT2D eigenvalue weighted by atomic mass is 35.5. The van der Waals surface area contributed by atoms with Crippen molar-refractivity contribution in [1.29, 1.82) is 0 Å². The summed E-state index contributed by atoms with van der Waals surface area (Å²) in [6, 6.07) is 10.0. The van der Waals surface area contributed by atoms with Crippen molar-refractivity contribution in [3.05, 3.63) is 77.1 Å². The number of sulfonamides is 2. The number of pyridine rings is 1. The van der Waals surface area contributed by atoms with Crippen molar-refractivity contribution in [2.45, 2.75) is 11.1 Å². The third kappa shape index (κ3) is 5.58. The lowest BCUT2D eigenvalue weighted by Gasteiger charge is -2.39. The van der Waals surface area contributed by atoms with E-state index in [9.17, 15) is 26.8 Å². The van der Waals surface area contributed by atoms with Gasteiger partial charge in [0.25, 0.3) is 15.9 Å². The maximum atomic E-state index is 13.4. The first kappa shape index (κ1) is 27.0. The summed E-state index contributed by atoms with van der Waals surface area (Å²) in [6.07, 6.45) is 3.92. The summed E-state index contributed by atoms with van der Waals surface area (Å²) < 4.78 is 52.6. The quantitative estimate of drug-likeness (QED) is 0.242. The van der Waals surface area contributed by atoms with Gasteiger partial charge in [-0.05, 0) is 30.3 Å². The number of aromatic nitrogens is 4. The van der Waals surface area contributed by atoms with Crippen LogP contribution in [0.1, 0.15) is 10.6 Å². The maximum absolute atomic E-state index is 13.4. The zero-order valence-corrected chi connectivity index (χ0v) is 22.5. The number of amides is 1. The molecule has 5 rings (SSSR count). The molecular weight excluding hydrogens is 570 g/mol. The lowest BCUT2D eigenvalue weighted by molar-refractivity contribution is -0.593. The number of halogens is 1. The molecule has 39 heavy (non-hydrogen) atoms. The fourth-order valence-corrected chi connectivity index (χ4v) is 6.91. The standard InChI is InChI=1S/C23H22ClN7O6S2/c24-17-4-5-19-15(9-17)10-21(28-19)39(36,37)29-7-8-30(18(13-29)14-38(25,34)35)23(32)22-26-11-16(12-27-22)20-3-1-2-6-31(20)33/h1-6,9-12,18,28H,7-8,13-14H2,(H2,25,34,35). The van der Waals surface area contributed by atoms with Gasteiger partial charge in [-0.3, -0.25) is 4.79 Å². The van der Waals surface area contributed by atoms with Gasteiger partial charge in [0.2, 0.25) is 21.5 Å². The molecule has 1 aliphatic heterocycles. The van der Waals surface area contributed by atoms with Crippen LogP contribution in [0.4, 0.5) is 0 Å². The molecule has 0 saturated carbocycles. The van der Waals surface area contributed by atoms with E-state index in [2.05, 4.69) is 15.0 Å². The highest BCUT2D eigenvalue weighted by Gasteiger charge is 2.39. The van der Waals surface area contributed by atoms with Crippen LogP contribution in [0.5, 0.6) is 0 Å². The third-order valence-electron chi connectivity index (χ3n) is 6.27. The summed E-state index contributed by atoms with van der Waals surface area (Å²) in [5, 5.41) is 18.2. The number of fused-ring (bicyclic) bond motifs is 1. The average Bonchev–Trinajstić information content (AvgIpc) is 3.32. The normalized spacial score (nSPS) is 17.0. The van der Waals surface area contributed by atoms with E-state index in [1.54, 1.807) is 36.4 Å². The number of piperazine rings is 1. The van der Waals surface area contributed by atoms with Crippen molar-refractivity contribution in [2.75, 3.05) is 25.4 Å². The minimum Gasteiger partial charge on any atom is -0.618 e. The number of H-pyrrole nitrogens is 1. The molecule has 13 nitrogen and oxygen atoms in total. The first-order chi connectivity index (χ1) is 18.4. The van der Waals surface area contributed by atoms with Crippen LogP contribution in [0.25, 0.3) is 22.2 Å². The second kappa shape index (κ2) is 10.2. The Kier molecular flexibility index (Phi) is 7.02. The number of carbonyl (C=O) groups is 1. The number of hydrogen-bond acceptors (Lipinski definition) is 8. The van der Waals surface area contributed by atoms with Gasteiger partial charge in [0, 0.05) is 60.1 Å². The summed E-state index contributed by atoms with van der Waals surface area (Å²) in [4.78, 5) is 25.5. The highest BCUT2D eigenvalue weighted by Crippen LogP contribution is 2.26. The highest BCUT2D eigenvalue weighted by molar-refractivity contribution is 7.89. The van der Waals surface area contributed by atoms with Crippen LogP contribution in [0, 0.1) is 5.21 Å². The molecule has 1 saturated heterocycles. The minimum absolute atomic E-state index is 0.0932. The molecule has 1 unspecified atom stereocenters. The van der Waals surface area contributed by atoms with E-state index >= 15 is 0 Å². The molecule has 0 radical (unpaired) electrons. The summed E-state index contributed by atoms with van der Waals surface area (Å²) in [5.74, 6) is -1.61. The molecule has 0 aliphatic carbocycles. The molecule has 3 N–H and O–H groups in total. The number of hydrogen-bond donors (Lipinski definition) is 2. The van der Waals surface area contributed by atoms with E-state index in [1.165, 1.54) is 29.6 Å². The molecule has 1 aliphatic rings. The Hall–Kier alpha value is -3.63. The predicted octanol–water partition coefficient (Wildman–Crippen LogP) is 0.716. The van der Waals surface area contributed by atoms with Gasteiger partial charge in [-0.2, -0.15) is 9.04 Å². The van der Waals surface area contributed by atoms with Crippen LogP contribution in [0.3, 0.4) is 0 Å². The Balaban J connectivity index is 1.40. The van der Waals surface area contributed by atoms with Crippen LogP contribution in [0.15, 0.2) is 66.1 Å². The van der Waals surface area contributed by atoms with Gasteiger partial charge in [-0.25, -0.2) is 31.9 Å². The number of aromatic amines is 1. The second-order valence-corrected chi connectivity index (χ2v) is 12.9. The van der Waals surface area contributed by atoms with Gasteiger partial charge in [0.15, 0.2) is 6.20 Å². The molecule has 16 heteroatoms. The summed E-state index contributed by atoms with van der Waals surface area (Å²) in [6.45, 7) is -0.558. The van der Waals surface area contributed by atoms with E-state index in [1.807, 2.05) is 0 Å². The number of carbonyl (C=O) groups excluding carboxylic acids is 1. The lowest BCUT2D eigenvalue weighted by atomic mass is 10.2. The molecule has 0 bridgehead atoms. The number of rotatable bonds is 6. The first-order valence-electron chi connectivity index (χ1n) is 11.5. The Morgan fingerprint density at radius 3 is 2.56 bits per heavy atom. The fourth-order valence-electron chi connectivity index (χ4n) is 4.43. The SMILES string of the molecule is NS(=O)(=O)CC1CN(S(=O)(=O)c2cc3cc(Cl)ccc3[nH]2)CCN1C(=O)c1ncc(-c2cccc[n+]2[O-])cn1. The Bertz CT molecular complexity index is 1780. The molecule has 1 fully saturated rings. The summed E-state index contributed by atoms with van der Waals surface area (Å²) >= 11 is 6.01. The molecule has 204 valence electrons. The van der Waals surface area contributed by atoms with E-state index < -0.39 is 37.7 Å². The van der Waals surface area contributed by atoms with E-state index in [0.717, 1.165) is 4.31 Å². The maximum Gasteiger partial charge on any atom is 0.292 e. The molecule has 1 aromatic carbocycles. The van der Waals surface area contributed by atoms with Crippen LogP contribution in [0.2, 0.25) is 5.02 Å². The largest absolute Gasteiger partial charge is 0.618 e. The minimum atomic E-state index is -4.09. The van der Waals surface area contributed by atoms with Gasteiger partial charge in [-0.15, -0.1) is 0 Å². The molecule has 1 atom stereocenters. The zero-order valence-electron chi connectivity index (χ0n) is 20.1. The number of nitrogens with zero attached hydrogens (tertiary/aromatic N) is 5. The number of nitrogens with two attached hydrogens (primary N) is 1. The third-order valence-corrected chi connectivity index (χ3v) is 9.14. The monoisotopic (exact) mass is 591 g/mol. The van der Waals surface area contributed by atoms with Crippen LogP contribution >= 0.6 is 11.6 Å². The lowest BCUT2D eigenvalue weighted by Crippen LogP contribution is -2.59. The molecule has 1 amide bonds. The van der Waals surface area contributed by atoms with Crippen LogP contribution < -0.4 is 9.87 Å². The Morgan fingerprint density at radius 1 is 1.13 bits per heavy atom. The first-order valence-corrected chi connectivity index (χ1v) is 15.1. The van der Waals surface area contributed by atoms with Gasteiger partial charge in [0.05, 0.1) is 17.4 Å². The van der Waals surface area contributed by atoms with Crippen LogP contribution in [-0.4, -0.2) is 78.3 Å². The number of primary sulfonamides is 1. The molecule has 4 heterocycles. The van der Waals surface area contributed by atoms with E-state index in [4.69, 9.17) is 16.7 Å². The fraction of sp³-hybridized carbons (Fsp3) is 0.217. The average molecular weight is 592 g/mol. The number of nitrogens with one attached hydrogen (secondary N) is 1. The summed E-state index contributed by atoms with van der Waals surface area (Å²) in [5.41, 5.74) is 1.21. The second-order valence-electron chi connectivity index (χ2n) is 8.92. The smallest absolute Gasteiger partial charge is 0.292 e.